The molecule has 0 unspecified atom stereocenters. The van der Waals surface area contributed by atoms with E-state index in [0.717, 1.165) is 48.1 Å². The standard InChI is InChI=1S/C30H31ClN4O4/c1-18-14-20(7-9-22(18)30(37)35-12-4-5-13-35)29(36)34-25(15-19-6-11-26(38-2)27(16-19)39-3)28-32-23-10-8-21(31)17-24(23)33-28/h6-11,14,16-17,25H,4-5,12-13,15H2,1-3H3,(H,32,33)(H,34,36)/t25-/m0/s1. The Kier molecular flexibility index (Phi) is 7.74. The Bertz CT molecular complexity index is 1530. The van der Waals surface area contributed by atoms with Gasteiger partial charge in [-0.05, 0) is 79.4 Å². The van der Waals surface area contributed by atoms with Crippen molar-refractivity contribution < 1.29 is 19.1 Å². The van der Waals surface area contributed by atoms with E-state index in [1.807, 2.05) is 42.2 Å². The van der Waals surface area contributed by atoms with E-state index in [-0.39, 0.29) is 11.8 Å². The zero-order chi connectivity index (χ0) is 27.5. The number of rotatable bonds is 8. The molecule has 8 nitrogen and oxygen atoms in total. The van der Waals surface area contributed by atoms with Crippen molar-refractivity contribution in [1.82, 2.24) is 20.2 Å². The van der Waals surface area contributed by atoms with E-state index in [2.05, 4.69) is 10.3 Å². The molecule has 1 aliphatic rings. The first-order chi connectivity index (χ1) is 18.9. The van der Waals surface area contributed by atoms with Gasteiger partial charge in [0, 0.05) is 35.7 Å². The molecule has 0 saturated carbocycles. The number of aromatic amines is 1. The van der Waals surface area contributed by atoms with Gasteiger partial charge in [0.1, 0.15) is 5.82 Å². The second kappa shape index (κ2) is 11.4. The van der Waals surface area contributed by atoms with Gasteiger partial charge in [0.05, 0.1) is 31.3 Å². The maximum atomic E-state index is 13.5. The summed E-state index contributed by atoms with van der Waals surface area (Å²) in [4.78, 5) is 36.3. The van der Waals surface area contributed by atoms with Crippen molar-refractivity contribution in [2.45, 2.75) is 32.2 Å². The summed E-state index contributed by atoms with van der Waals surface area (Å²) in [7, 11) is 3.18. The van der Waals surface area contributed by atoms with Gasteiger partial charge < -0.3 is 24.7 Å². The van der Waals surface area contributed by atoms with E-state index >= 15 is 0 Å². The molecule has 5 rings (SSSR count). The number of H-pyrrole nitrogens is 1. The summed E-state index contributed by atoms with van der Waals surface area (Å²) in [5.74, 6) is 1.59. The van der Waals surface area contributed by atoms with Crippen LogP contribution in [0.25, 0.3) is 11.0 Å². The lowest BCUT2D eigenvalue weighted by Crippen LogP contribution is -2.31. The maximum absolute atomic E-state index is 13.5. The molecule has 2 N–H and O–H groups in total. The van der Waals surface area contributed by atoms with Crippen molar-refractivity contribution in [3.63, 3.8) is 0 Å². The number of hydrogen-bond donors (Lipinski definition) is 2. The van der Waals surface area contributed by atoms with Crippen molar-refractivity contribution in [2.24, 2.45) is 0 Å². The highest BCUT2D eigenvalue weighted by Gasteiger charge is 2.24. The number of aromatic nitrogens is 2. The van der Waals surface area contributed by atoms with Crippen LogP contribution in [-0.4, -0.2) is 54.0 Å². The van der Waals surface area contributed by atoms with Crippen molar-refractivity contribution in [3.05, 3.63) is 87.7 Å². The van der Waals surface area contributed by atoms with Gasteiger partial charge in [-0.25, -0.2) is 4.98 Å². The average molecular weight is 547 g/mol. The number of hydrogen-bond acceptors (Lipinski definition) is 5. The number of nitrogens with one attached hydrogen (secondary N) is 2. The predicted octanol–water partition coefficient (Wildman–Crippen LogP) is 5.49. The van der Waals surface area contributed by atoms with Crippen LogP contribution in [0.15, 0.2) is 54.6 Å². The topological polar surface area (TPSA) is 96.5 Å². The summed E-state index contributed by atoms with van der Waals surface area (Å²) in [5.41, 5.74) is 4.34. The zero-order valence-electron chi connectivity index (χ0n) is 22.2. The van der Waals surface area contributed by atoms with E-state index in [0.29, 0.717) is 39.9 Å². The monoisotopic (exact) mass is 546 g/mol. The van der Waals surface area contributed by atoms with Crippen molar-refractivity contribution >= 4 is 34.4 Å². The second-order valence-corrected chi connectivity index (χ2v) is 10.2. The third-order valence-corrected chi connectivity index (χ3v) is 7.33. The van der Waals surface area contributed by atoms with Gasteiger partial charge in [-0.1, -0.05) is 17.7 Å². The van der Waals surface area contributed by atoms with Gasteiger partial charge in [-0.2, -0.15) is 0 Å². The molecule has 0 radical (unpaired) electrons. The number of likely N-dealkylation sites (tertiary alicyclic amines) is 1. The number of carbonyl (C=O) groups excluding carboxylic acids is 2. The van der Waals surface area contributed by atoms with Crippen LogP contribution in [-0.2, 0) is 6.42 Å². The molecular weight excluding hydrogens is 516 g/mol. The molecule has 0 bridgehead atoms. The minimum absolute atomic E-state index is 0.0178. The van der Waals surface area contributed by atoms with Gasteiger partial charge >= 0.3 is 0 Å². The summed E-state index contributed by atoms with van der Waals surface area (Å²) in [6.07, 6.45) is 2.51. The van der Waals surface area contributed by atoms with E-state index in [9.17, 15) is 9.59 Å². The quantitative estimate of drug-likeness (QED) is 0.304. The Morgan fingerprint density at radius 2 is 1.79 bits per heavy atom. The van der Waals surface area contributed by atoms with Crippen LogP contribution in [0.5, 0.6) is 11.5 Å². The van der Waals surface area contributed by atoms with Crippen LogP contribution in [0.3, 0.4) is 0 Å². The molecule has 1 fully saturated rings. The number of fused-ring (bicyclic) bond motifs is 1. The van der Waals surface area contributed by atoms with E-state index in [1.165, 1.54) is 0 Å². The molecule has 1 saturated heterocycles. The van der Waals surface area contributed by atoms with Crippen LogP contribution < -0.4 is 14.8 Å². The first-order valence-electron chi connectivity index (χ1n) is 12.9. The number of amides is 2. The lowest BCUT2D eigenvalue weighted by Gasteiger charge is -2.19. The fraction of sp³-hybridized carbons (Fsp3) is 0.300. The summed E-state index contributed by atoms with van der Waals surface area (Å²) in [6.45, 7) is 3.42. The fourth-order valence-corrected chi connectivity index (χ4v) is 5.18. The third-order valence-electron chi connectivity index (χ3n) is 7.10. The summed E-state index contributed by atoms with van der Waals surface area (Å²) in [6, 6.07) is 15.8. The number of nitrogens with zero attached hydrogens (tertiary/aromatic N) is 2. The van der Waals surface area contributed by atoms with Crippen molar-refractivity contribution in [2.75, 3.05) is 27.3 Å². The number of aryl methyl sites for hydroxylation is 1. The van der Waals surface area contributed by atoms with Crippen LogP contribution >= 0.6 is 11.6 Å². The van der Waals surface area contributed by atoms with E-state index in [4.69, 9.17) is 26.1 Å². The van der Waals surface area contributed by atoms with Crippen LogP contribution in [0.4, 0.5) is 0 Å². The molecule has 2 amide bonds. The van der Waals surface area contributed by atoms with Crippen LogP contribution in [0, 0.1) is 6.92 Å². The fourth-order valence-electron chi connectivity index (χ4n) is 5.00. The highest BCUT2D eigenvalue weighted by Crippen LogP contribution is 2.30. The molecule has 0 spiro atoms. The van der Waals surface area contributed by atoms with Gasteiger partial charge in [-0.15, -0.1) is 0 Å². The molecular formula is C30H31ClN4O4. The van der Waals surface area contributed by atoms with Gasteiger partial charge in [0.25, 0.3) is 11.8 Å². The lowest BCUT2D eigenvalue weighted by atomic mass is 10.0. The molecule has 1 aliphatic heterocycles. The van der Waals surface area contributed by atoms with Crippen molar-refractivity contribution in [1.29, 1.82) is 0 Å². The zero-order valence-corrected chi connectivity index (χ0v) is 23.0. The number of carbonyl (C=O) groups is 2. The Morgan fingerprint density at radius 3 is 2.51 bits per heavy atom. The molecule has 1 atom stereocenters. The lowest BCUT2D eigenvalue weighted by molar-refractivity contribution is 0.0791. The first kappa shape index (κ1) is 26.6. The predicted molar refractivity (Wildman–Crippen MR) is 151 cm³/mol. The Balaban J connectivity index is 1.43. The summed E-state index contributed by atoms with van der Waals surface area (Å²) < 4.78 is 10.8. The minimum atomic E-state index is -0.479. The van der Waals surface area contributed by atoms with Gasteiger partial charge in [0.15, 0.2) is 11.5 Å². The number of methoxy groups -OCH3 is 2. The van der Waals surface area contributed by atoms with E-state index in [1.54, 1.807) is 38.5 Å². The van der Waals surface area contributed by atoms with E-state index < -0.39 is 6.04 Å². The Labute approximate surface area is 232 Å². The van der Waals surface area contributed by atoms with Gasteiger partial charge in [0.2, 0.25) is 0 Å². The SMILES string of the molecule is COc1ccc(C[C@H](NC(=O)c2ccc(C(=O)N3CCCC3)c(C)c2)c2nc3ccc(Cl)cc3[nH]2)cc1OC. The Morgan fingerprint density at radius 1 is 1.03 bits per heavy atom. The maximum Gasteiger partial charge on any atom is 0.254 e. The molecule has 2 heterocycles. The average Bonchev–Trinajstić information content (AvgIpc) is 3.62. The molecule has 202 valence electrons. The normalized spacial score (nSPS) is 13.9. The summed E-state index contributed by atoms with van der Waals surface area (Å²) in [5, 5.41) is 3.73. The summed E-state index contributed by atoms with van der Waals surface area (Å²) >= 11 is 6.18. The smallest absolute Gasteiger partial charge is 0.254 e. The largest absolute Gasteiger partial charge is 0.493 e. The van der Waals surface area contributed by atoms with Crippen LogP contribution in [0.1, 0.15) is 56.6 Å². The second-order valence-electron chi connectivity index (χ2n) is 9.73. The molecule has 4 aromatic rings. The Hall–Kier alpha value is -4.04. The highest BCUT2D eigenvalue weighted by molar-refractivity contribution is 6.31. The van der Waals surface area contributed by atoms with Crippen molar-refractivity contribution in [3.8, 4) is 11.5 Å². The minimum Gasteiger partial charge on any atom is -0.493 e. The third kappa shape index (κ3) is 5.71. The number of ether oxygens (including phenoxy) is 2. The molecule has 39 heavy (non-hydrogen) atoms. The molecule has 0 aliphatic carbocycles. The van der Waals surface area contributed by atoms with Gasteiger partial charge in [-0.3, -0.25) is 9.59 Å². The van der Waals surface area contributed by atoms with Crippen LogP contribution in [0.2, 0.25) is 5.02 Å². The number of halogens is 1. The molecule has 9 heteroatoms. The molecule has 3 aromatic carbocycles. The number of imidazole rings is 1. The number of benzene rings is 3. The molecule has 1 aromatic heterocycles. The highest BCUT2D eigenvalue weighted by atomic mass is 35.5. The first-order valence-corrected chi connectivity index (χ1v) is 13.3.